The second-order valence-corrected chi connectivity index (χ2v) is 4.94. The van der Waals surface area contributed by atoms with Gasteiger partial charge in [0, 0.05) is 35.0 Å². The summed E-state index contributed by atoms with van der Waals surface area (Å²) in [6, 6.07) is 14.0. The third kappa shape index (κ3) is 4.51. The predicted molar refractivity (Wildman–Crippen MR) is 88.2 cm³/mol. The van der Waals surface area contributed by atoms with Gasteiger partial charge in [-0.25, -0.2) is 0 Å². The molecule has 2 aromatic carbocycles. The van der Waals surface area contributed by atoms with Crippen molar-refractivity contribution in [3.8, 4) is 0 Å². The molecule has 0 aliphatic rings. The van der Waals surface area contributed by atoms with E-state index in [9.17, 15) is 19.7 Å². The van der Waals surface area contributed by atoms with Crippen LogP contribution in [0.25, 0.3) is 0 Å². The van der Waals surface area contributed by atoms with Gasteiger partial charge in [-0.3, -0.25) is 25.1 Å². The molecule has 0 saturated carbocycles. The first-order valence-corrected chi connectivity index (χ1v) is 7.06. The molecule has 7 heteroatoms. The number of rotatable bonds is 6. The number of nitrogens with one attached hydrogen (secondary N) is 2. The molecule has 0 saturated heterocycles. The van der Waals surface area contributed by atoms with Gasteiger partial charge in [0.15, 0.2) is 5.78 Å². The van der Waals surface area contributed by atoms with Crippen LogP contribution in [0.4, 0.5) is 5.69 Å². The van der Waals surface area contributed by atoms with E-state index in [-0.39, 0.29) is 17.2 Å². The number of allylic oxidation sites excluding steroid dienone is 2. The first-order chi connectivity index (χ1) is 11.5. The Hall–Kier alpha value is -3.48. The number of carbonyl (C=O) groups is 2. The third-order valence-corrected chi connectivity index (χ3v) is 3.10. The zero-order chi connectivity index (χ0) is 17.5. The smallest absolute Gasteiger partial charge is 0.270 e. The van der Waals surface area contributed by atoms with Gasteiger partial charge >= 0.3 is 0 Å². The molecule has 0 unspecified atom stereocenters. The summed E-state index contributed by atoms with van der Waals surface area (Å²) in [6.07, 6.45) is 1.25. The molecule has 2 N–H and O–H groups in total. The van der Waals surface area contributed by atoms with E-state index >= 15 is 0 Å². The summed E-state index contributed by atoms with van der Waals surface area (Å²) in [5.74, 6) is -0.746. The predicted octanol–water partition coefficient (Wildman–Crippen LogP) is 2.62. The molecule has 1 amide bonds. The van der Waals surface area contributed by atoms with E-state index in [2.05, 4.69) is 10.9 Å². The molecule has 0 aliphatic carbocycles. The standard InChI is InChI=1S/C17H15N3O4/c1-12(18-19-17(22)13-6-3-2-4-7-13)10-16(21)14-8-5-9-15(11-14)20(23)24/h2-11,18H,1H3,(H,19,22)/b12-10-. The Morgan fingerprint density at radius 2 is 1.67 bits per heavy atom. The van der Waals surface area contributed by atoms with E-state index in [0.717, 1.165) is 0 Å². The van der Waals surface area contributed by atoms with Crippen molar-refractivity contribution in [2.75, 3.05) is 0 Å². The zero-order valence-electron chi connectivity index (χ0n) is 12.9. The van der Waals surface area contributed by atoms with Gasteiger partial charge in [0.05, 0.1) is 4.92 Å². The molecule has 0 radical (unpaired) electrons. The molecule has 7 nitrogen and oxygen atoms in total. The molecule has 2 aromatic rings. The fourth-order valence-corrected chi connectivity index (χ4v) is 1.91. The molecule has 0 atom stereocenters. The number of nitro benzene ring substituents is 1. The maximum Gasteiger partial charge on any atom is 0.270 e. The van der Waals surface area contributed by atoms with Crippen molar-refractivity contribution >= 4 is 17.4 Å². The maximum atomic E-state index is 12.1. The van der Waals surface area contributed by atoms with E-state index in [1.54, 1.807) is 37.3 Å². The van der Waals surface area contributed by atoms with Crippen molar-refractivity contribution < 1.29 is 14.5 Å². The Morgan fingerprint density at radius 1 is 1.00 bits per heavy atom. The Kier molecular flexibility index (Phi) is 5.40. The Balaban J connectivity index is 2.00. The third-order valence-electron chi connectivity index (χ3n) is 3.10. The van der Waals surface area contributed by atoms with Crippen molar-refractivity contribution in [3.63, 3.8) is 0 Å². The van der Waals surface area contributed by atoms with Crippen LogP contribution in [0.2, 0.25) is 0 Å². The molecule has 0 aromatic heterocycles. The molecule has 0 heterocycles. The SMILES string of the molecule is C/C(=C/C(=O)c1cccc([N+](=O)[O-])c1)NNC(=O)c1ccccc1. The van der Waals surface area contributed by atoms with E-state index in [4.69, 9.17) is 0 Å². The van der Waals surface area contributed by atoms with Gasteiger partial charge in [0.2, 0.25) is 0 Å². The minimum Gasteiger partial charge on any atom is -0.303 e. The summed E-state index contributed by atoms with van der Waals surface area (Å²) in [5.41, 5.74) is 6.01. The summed E-state index contributed by atoms with van der Waals surface area (Å²) < 4.78 is 0. The number of benzene rings is 2. The number of hydrogen-bond donors (Lipinski definition) is 2. The van der Waals surface area contributed by atoms with Crippen LogP contribution in [-0.2, 0) is 0 Å². The highest BCUT2D eigenvalue weighted by Crippen LogP contribution is 2.14. The number of carbonyl (C=O) groups excluding carboxylic acids is 2. The average molecular weight is 325 g/mol. The summed E-state index contributed by atoms with van der Waals surface area (Å²) in [6.45, 7) is 1.60. The van der Waals surface area contributed by atoms with E-state index in [0.29, 0.717) is 11.3 Å². The van der Waals surface area contributed by atoms with Gasteiger partial charge in [-0.1, -0.05) is 30.3 Å². The summed E-state index contributed by atoms with van der Waals surface area (Å²) in [7, 11) is 0. The van der Waals surface area contributed by atoms with Crippen molar-refractivity contribution in [1.29, 1.82) is 0 Å². The quantitative estimate of drug-likeness (QED) is 0.368. The topological polar surface area (TPSA) is 101 Å². The number of amides is 1. The maximum absolute atomic E-state index is 12.1. The van der Waals surface area contributed by atoms with Gasteiger partial charge in [-0.15, -0.1) is 0 Å². The van der Waals surface area contributed by atoms with Crippen LogP contribution in [-0.4, -0.2) is 16.6 Å². The number of non-ortho nitro benzene ring substituents is 1. The molecule has 0 spiro atoms. The number of nitro groups is 1. The van der Waals surface area contributed by atoms with Crippen LogP contribution in [0.5, 0.6) is 0 Å². The summed E-state index contributed by atoms with van der Waals surface area (Å²) >= 11 is 0. The highest BCUT2D eigenvalue weighted by Gasteiger charge is 2.10. The average Bonchev–Trinajstić information content (AvgIpc) is 2.60. The Morgan fingerprint density at radius 3 is 2.33 bits per heavy atom. The molecular weight excluding hydrogens is 310 g/mol. The molecule has 0 bridgehead atoms. The number of hydrazine groups is 1. The minimum atomic E-state index is -0.564. The van der Waals surface area contributed by atoms with Crippen molar-refractivity contribution in [3.05, 3.63) is 87.6 Å². The molecular formula is C17H15N3O4. The van der Waals surface area contributed by atoms with Crippen molar-refractivity contribution in [2.45, 2.75) is 6.92 Å². The molecule has 122 valence electrons. The lowest BCUT2D eigenvalue weighted by Gasteiger charge is -2.08. The van der Waals surface area contributed by atoms with Gasteiger partial charge in [0.1, 0.15) is 0 Å². The highest BCUT2D eigenvalue weighted by molar-refractivity contribution is 6.05. The number of ketones is 1. The second kappa shape index (κ2) is 7.68. The largest absolute Gasteiger partial charge is 0.303 e. The van der Waals surface area contributed by atoms with Crippen molar-refractivity contribution in [2.24, 2.45) is 0 Å². The normalized spacial score (nSPS) is 10.8. The number of hydrogen-bond acceptors (Lipinski definition) is 5. The first-order valence-electron chi connectivity index (χ1n) is 7.06. The van der Waals surface area contributed by atoms with Gasteiger partial charge in [-0.05, 0) is 19.1 Å². The molecule has 2 rings (SSSR count). The first kappa shape index (κ1) is 16.9. The fraction of sp³-hybridized carbons (Fsp3) is 0.0588. The Labute approximate surface area is 138 Å². The van der Waals surface area contributed by atoms with E-state index in [1.807, 2.05) is 0 Å². The van der Waals surface area contributed by atoms with Crippen LogP contribution in [0, 0.1) is 10.1 Å². The van der Waals surface area contributed by atoms with Gasteiger partial charge in [-0.2, -0.15) is 0 Å². The van der Waals surface area contributed by atoms with E-state index < -0.39 is 10.7 Å². The van der Waals surface area contributed by atoms with Crippen LogP contribution in [0.15, 0.2) is 66.4 Å². The van der Waals surface area contributed by atoms with Crippen LogP contribution in [0.1, 0.15) is 27.6 Å². The molecule has 0 aliphatic heterocycles. The lowest BCUT2D eigenvalue weighted by Crippen LogP contribution is -2.36. The summed E-state index contributed by atoms with van der Waals surface area (Å²) in [4.78, 5) is 34.1. The molecule has 0 fully saturated rings. The minimum absolute atomic E-state index is 0.155. The van der Waals surface area contributed by atoms with E-state index in [1.165, 1.54) is 30.3 Å². The number of nitrogens with zero attached hydrogens (tertiary/aromatic N) is 1. The van der Waals surface area contributed by atoms with Crippen LogP contribution < -0.4 is 10.9 Å². The fourth-order valence-electron chi connectivity index (χ4n) is 1.91. The van der Waals surface area contributed by atoms with Gasteiger partial charge < -0.3 is 5.43 Å². The Bertz CT molecular complexity index is 800. The zero-order valence-corrected chi connectivity index (χ0v) is 12.9. The van der Waals surface area contributed by atoms with Crippen LogP contribution in [0.3, 0.4) is 0 Å². The summed E-state index contributed by atoms with van der Waals surface area (Å²) in [5, 5.41) is 10.7. The second-order valence-electron chi connectivity index (χ2n) is 4.94. The molecule has 24 heavy (non-hydrogen) atoms. The van der Waals surface area contributed by atoms with Gasteiger partial charge in [0.25, 0.3) is 11.6 Å². The monoisotopic (exact) mass is 325 g/mol. The highest BCUT2D eigenvalue weighted by atomic mass is 16.6. The lowest BCUT2D eigenvalue weighted by atomic mass is 10.1. The van der Waals surface area contributed by atoms with Crippen molar-refractivity contribution in [1.82, 2.24) is 10.9 Å². The van der Waals surface area contributed by atoms with Crippen LogP contribution >= 0.6 is 0 Å². The lowest BCUT2D eigenvalue weighted by molar-refractivity contribution is -0.384.